The van der Waals surface area contributed by atoms with Crippen LogP contribution in [0.2, 0.25) is 10.0 Å². The highest BCUT2D eigenvalue weighted by Gasteiger charge is 2.27. The first-order chi connectivity index (χ1) is 10.9. The van der Waals surface area contributed by atoms with Crippen LogP contribution in [0.3, 0.4) is 0 Å². The van der Waals surface area contributed by atoms with Crippen molar-refractivity contribution >= 4 is 29.1 Å². The molecule has 4 nitrogen and oxygen atoms in total. The number of aromatic nitrogens is 1. The molecular formula is C17H20Cl2N2O2. The van der Waals surface area contributed by atoms with Gasteiger partial charge >= 0.3 is 0 Å². The summed E-state index contributed by atoms with van der Waals surface area (Å²) < 4.78 is 5.27. The summed E-state index contributed by atoms with van der Waals surface area (Å²) in [5.74, 6) is 0.709. The minimum atomic E-state index is -0.120. The number of amides is 1. The number of nitrogens with zero attached hydrogens (tertiary/aromatic N) is 2. The summed E-state index contributed by atoms with van der Waals surface area (Å²) >= 11 is 12.5. The zero-order valence-corrected chi connectivity index (χ0v) is 15.2. The molecule has 0 aliphatic carbocycles. The lowest BCUT2D eigenvalue weighted by molar-refractivity contribution is 0.0744. The molecule has 6 heteroatoms. The van der Waals surface area contributed by atoms with Crippen molar-refractivity contribution in [2.75, 3.05) is 13.1 Å². The van der Waals surface area contributed by atoms with E-state index in [2.05, 4.69) is 19.0 Å². The van der Waals surface area contributed by atoms with E-state index in [9.17, 15) is 4.79 Å². The van der Waals surface area contributed by atoms with Crippen LogP contribution in [0.5, 0.6) is 0 Å². The van der Waals surface area contributed by atoms with E-state index in [-0.39, 0.29) is 5.91 Å². The largest absolute Gasteiger partial charge is 0.360 e. The average Bonchev–Trinajstić information content (AvgIpc) is 2.85. The van der Waals surface area contributed by atoms with Crippen LogP contribution in [0, 0.1) is 12.8 Å². The van der Waals surface area contributed by atoms with Crippen LogP contribution in [0.1, 0.15) is 36.9 Å². The molecule has 1 aromatic heterocycles. The van der Waals surface area contributed by atoms with E-state index in [1.807, 2.05) is 6.92 Å². The molecule has 0 aliphatic rings. The molecule has 0 saturated carbocycles. The lowest BCUT2D eigenvalue weighted by Crippen LogP contribution is -2.34. The van der Waals surface area contributed by atoms with Gasteiger partial charge in [-0.2, -0.15) is 0 Å². The van der Waals surface area contributed by atoms with E-state index in [4.69, 9.17) is 27.7 Å². The number of halogens is 2. The zero-order valence-electron chi connectivity index (χ0n) is 13.7. The average molecular weight is 355 g/mol. The minimum Gasteiger partial charge on any atom is -0.360 e. The third kappa shape index (κ3) is 3.70. The maximum atomic E-state index is 12.9. The summed E-state index contributed by atoms with van der Waals surface area (Å²) in [6.45, 7) is 9.08. The van der Waals surface area contributed by atoms with Crippen LogP contribution in [0.15, 0.2) is 22.7 Å². The highest BCUT2D eigenvalue weighted by molar-refractivity contribution is 6.39. The predicted octanol–water partition coefficient (Wildman–Crippen LogP) is 5.07. The van der Waals surface area contributed by atoms with E-state index in [0.29, 0.717) is 51.6 Å². The van der Waals surface area contributed by atoms with Crippen molar-refractivity contribution < 1.29 is 9.32 Å². The van der Waals surface area contributed by atoms with Crippen molar-refractivity contribution in [2.24, 2.45) is 5.92 Å². The van der Waals surface area contributed by atoms with Crippen LogP contribution < -0.4 is 0 Å². The monoisotopic (exact) mass is 354 g/mol. The highest BCUT2D eigenvalue weighted by atomic mass is 35.5. The van der Waals surface area contributed by atoms with Gasteiger partial charge in [0.15, 0.2) is 0 Å². The van der Waals surface area contributed by atoms with Crippen molar-refractivity contribution in [3.8, 4) is 11.3 Å². The molecule has 1 amide bonds. The van der Waals surface area contributed by atoms with Gasteiger partial charge in [0.2, 0.25) is 0 Å². The Morgan fingerprint density at radius 3 is 2.43 bits per heavy atom. The van der Waals surface area contributed by atoms with Crippen molar-refractivity contribution in [3.63, 3.8) is 0 Å². The van der Waals surface area contributed by atoms with Crippen LogP contribution in [0.4, 0.5) is 0 Å². The molecule has 124 valence electrons. The molecule has 2 rings (SSSR count). The number of aryl methyl sites for hydroxylation is 1. The molecule has 23 heavy (non-hydrogen) atoms. The summed E-state index contributed by atoms with van der Waals surface area (Å²) in [5.41, 5.74) is 1.34. The third-order valence-corrected chi connectivity index (χ3v) is 4.16. The van der Waals surface area contributed by atoms with Gasteiger partial charge in [-0.25, -0.2) is 0 Å². The smallest absolute Gasteiger partial charge is 0.259 e. The van der Waals surface area contributed by atoms with Gasteiger partial charge in [-0.05, 0) is 31.9 Å². The van der Waals surface area contributed by atoms with E-state index in [0.717, 1.165) is 0 Å². The van der Waals surface area contributed by atoms with Crippen molar-refractivity contribution in [1.29, 1.82) is 0 Å². The molecule has 1 heterocycles. The van der Waals surface area contributed by atoms with E-state index in [1.54, 1.807) is 30.0 Å². The number of hydrogen-bond donors (Lipinski definition) is 0. The summed E-state index contributed by atoms with van der Waals surface area (Å²) in [6.07, 6.45) is 0. The maximum Gasteiger partial charge on any atom is 0.259 e. The molecular weight excluding hydrogens is 335 g/mol. The third-order valence-electron chi connectivity index (χ3n) is 3.53. The summed E-state index contributed by atoms with van der Waals surface area (Å²) in [5, 5.41) is 4.91. The Bertz CT molecular complexity index is 690. The van der Waals surface area contributed by atoms with E-state index < -0.39 is 0 Å². The maximum absolute atomic E-state index is 12.9. The van der Waals surface area contributed by atoms with Crippen molar-refractivity contribution in [3.05, 3.63) is 39.6 Å². The van der Waals surface area contributed by atoms with Crippen LogP contribution in [0.25, 0.3) is 11.3 Å². The minimum absolute atomic E-state index is 0.120. The second-order valence-corrected chi connectivity index (χ2v) is 6.61. The number of rotatable bonds is 5. The summed E-state index contributed by atoms with van der Waals surface area (Å²) in [4.78, 5) is 14.7. The quantitative estimate of drug-likeness (QED) is 0.752. The van der Waals surface area contributed by atoms with Gasteiger partial charge in [-0.15, -0.1) is 0 Å². The molecule has 0 fully saturated rings. The zero-order chi connectivity index (χ0) is 17.1. The molecule has 0 unspecified atom stereocenters. The van der Waals surface area contributed by atoms with E-state index in [1.165, 1.54) is 0 Å². The van der Waals surface area contributed by atoms with Crippen molar-refractivity contribution in [1.82, 2.24) is 10.1 Å². The Labute approximate surface area is 146 Å². The summed E-state index contributed by atoms with van der Waals surface area (Å²) in [6, 6.07) is 5.18. The van der Waals surface area contributed by atoms with Gasteiger partial charge in [0.05, 0.1) is 10.0 Å². The molecule has 0 radical (unpaired) electrons. The fourth-order valence-electron chi connectivity index (χ4n) is 2.47. The van der Waals surface area contributed by atoms with Crippen LogP contribution in [-0.2, 0) is 0 Å². The molecule has 0 aliphatic heterocycles. The second-order valence-electron chi connectivity index (χ2n) is 5.80. The number of benzene rings is 1. The normalized spacial score (nSPS) is 11.1. The molecule has 0 spiro atoms. The van der Waals surface area contributed by atoms with Gasteiger partial charge in [-0.3, -0.25) is 4.79 Å². The Morgan fingerprint density at radius 2 is 1.91 bits per heavy atom. The number of hydrogen-bond acceptors (Lipinski definition) is 3. The van der Waals surface area contributed by atoms with Gasteiger partial charge in [0.1, 0.15) is 17.0 Å². The molecule has 0 bridgehead atoms. The molecule has 1 aromatic carbocycles. The Hall–Kier alpha value is -1.52. The fourth-order valence-corrected chi connectivity index (χ4v) is 3.05. The Kier molecular flexibility index (Phi) is 5.71. The molecule has 0 N–H and O–H groups in total. The first-order valence-corrected chi connectivity index (χ1v) is 8.32. The first kappa shape index (κ1) is 17.8. The molecule has 0 atom stereocenters. The fraction of sp³-hybridized carbons (Fsp3) is 0.412. The van der Waals surface area contributed by atoms with Crippen molar-refractivity contribution in [2.45, 2.75) is 27.7 Å². The standard InChI is InChI=1S/C17H20Cl2N2O2/c1-5-21(9-10(2)3)17(22)14-11(4)23-20-16(14)15-12(18)7-6-8-13(15)19/h6-8,10H,5,9H2,1-4H3. The summed E-state index contributed by atoms with van der Waals surface area (Å²) in [7, 11) is 0. The topological polar surface area (TPSA) is 46.3 Å². The van der Waals surface area contributed by atoms with Crippen LogP contribution in [-0.4, -0.2) is 29.1 Å². The van der Waals surface area contributed by atoms with Gasteiger partial charge in [0.25, 0.3) is 5.91 Å². The van der Waals surface area contributed by atoms with Gasteiger partial charge in [-0.1, -0.05) is 48.3 Å². The van der Waals surface area contributed by atoms with Gasteiger partial charge in [0, 0.05) is 18.7 Å². The predicted molar refractivity (Wildman–Crippen MR) is 93.1 cm³/mol. The Morgan fingerprint density at radius 1 is 1.30 bits per heavy atom. The highest BCUT2D eigenvalue weighted by Crippen LogP contribution is 2.37. The Balaban J connectivity index is 2.53. The second kappa shape index (κ2) is 7.37. The van der Waals surface area contributed by atoms with Crippen LogP contribution >= 0.6 is 23.2 Å². The van der Waals surface area contributed by atoms with E-state index >= 15 is 0 Å². The SMILES string of the molecule is CCN(CC(C)C)C(=O)c1c(-c2c(Cl)cccc2Cl)noc1C. The first-order valence-electron chi connectivity index (χ1n) is 7.56. The number of carbonyl (C=O) groups excluding carboxylic acids is 1. The molecule has 2 aromatic rings. The lowest BCUT2D eigenvalue weighted by Gasteiger charge is -2.23. The van der Waals surface area contributed by atoms with Gasteiger partial charge < -0.3 is 9.42 Å². The lowest BCUT2D eigenvalue weighted by atomic mass is 10.0. The number of carbonyl (C=O) groups is 1. The molecule has 0 saturated heterocycles.